The lowest BCUT2D eigenvalue weighted by molar-refractivity contribution is -0.143. The molecule has 0 aromatic heterocycles. The van der Waals surface area contributed by atoms with E-state index in [1.165, 1.54) is 4.90 Å². The zero-order chi connectivity index (χ0) is 12.2. The molecule has 1 aliphatic heterocycles. The van der Waals surface area contributed by atoms with E-state index in [0.717, 1.165) is 0 Å². The fraction of sp³-hybridized carbons (Fsp3) is 0.875. The van der Waals surface area contributed by atoms with Gasteiger partial charge in [-0.15, -0.1) is 0 Å². The number of hydrazine groups is 1. The summed E-state index contributed by atoms with van der Waals surface area (Å²) >= 11 is 0. The molecule has 0 bridgehead atoms. The van der Waals surface area contributed by atoms with Crippen molar-refractivity contribution >= 4 is 5.96 Å². The van der Waals surface area contributed by atoms with E-state index in [0.29, 0.717) is 26.1 Å². The van der Waals surface area contributed by atoms with E-state index in [2.05, 4.69) is 10.4 Å². The maximum atomic E-state index is 12.1. The Bertz CT molecular complexity index is 253. The van der Waals surface area contributed by atoms with Gasteiger partial charge >= 0.3 is 6.18 Å². The Hall–Kier alpha value is -1.02. The number of alkyl halides is 3. The van der Waals surface area contributed by atoms with Gasteiger partial charge in [-0.2, -0.15) is 13.2 Å². The zero-order valence-electron chi connectivity index (χ0n) is 8.80. The molecule has 1 unspecified atom stereocenters. The van der Waals surface area contributed by atoms with Crippen LogP contribution in [0.15, 0.2) is 4.99 Å². The zero-order valence-corrected chi connectivity index (χ0v) is 8.80. The van der Waals surface area contributed by atoms with E-state index in [-0.39, 0.29) is 11.9 Å². The van der Waals surface area contributed by atoms with Crippen LogP contribution in [0, 0.1) is 5.92 Å². The number of aliphatic imine (C=N–C) groups is 1. The van der Waals surface area contributed by atoms with Gasteiger partial charge in [0.15, 0.2) is 0 Å². The predicted octanol–water partition coefficient (Wildman–Crippen LogP) is -0.351. The molecule has 0 radical (unpaired) electrons. The first-order valence-electron chi connectivity index (χ1n) is 4.96. The van der Waals surface area contributed by atoms with Crippen molar-refractivity contribution in [3.63, 3.8) is 0 Å². The number of hydrogen-bond donors (Lipinski definition) is 3. The molecule has 0 amide bonds. The molecule has 16 heavy (non-hydrogen) atoms. The summed E-state index contributed by atoms with van der Waals surface area (Å²) in [5.74, 6) is 5.23. The SMILES string of the molecule is NNC(N)=NCC1CCN(CC(F)(F)F)C1. The lowest BCUT2D eigenvalue weighted by atomic mass is 10.1. The molecule has 5 N–H and O–H groups in total. The van der Waals surface area contributed by atoms with Crippen molar-refractivity contribution in [1.29, 1.82) is 0 Å². The van der Waals surface area contributed by atoms with Gasteiger partial charge in [-0.25, -0.2) is 5.84 Å². The van der Waals surface area contributed by atoms with Crippen LogP contribution in [0.25, 0.3) is 0 Å². The second kappa shape index (κ2) is 5.35. The van der Waals surface area contributed by atoms with Crippen LogP contribution in [0.4, 0.5) is 13.2 Å². The number of nitrogens with two attached hydrogens (primary N) is 2. The second-order valence-electron chi connectivity index (χ2n) is 3.88. The number of nitrogens with one attached hydrogen (secondary N) is 1. The summed E-state index contributed by atoms with van der Waals surface area (Å²) in [6, 6.07) is 0. The minimum Gasteiger partial charge on any atom is -0.369 e. The quantitative estimate of drug-likeness (QED) is 0.272. The Balaban J connectivity index is 2.30. The summed E-state index contributed by atoms with van der Waals surface area (Å²) < 4.78 is 36.3. The lowest BCUT2D eigenvalue weighted by Crippen LogP contribution is -2.37. The van der Waals surface area contributed by atoms with Gasteiger partial charge in [0.2, 0.25) is 5.96 Å². The summed E-state index contributed by atoms with van der Waals surface area (Å²) in [6.45, 7) is 0.415. The molecule has 1 rings (SSSR count). The Morgan fingerprint density at radius 3 is 2.75 bits per heavy atom. The third-order valence-electron chi connectivity index (χ3n) is 2.44. The molecule has 5 nitrogen and oxygen atoms in total. The van der Waals surface area contributed by atoms with Crippen LogP contribution in [-0.4, -0.2) is 43.2 Å². The maximum Gasteiger partial charge on any atom is 0.401 e. The van der Waals surface area contributed by atoms with Crippen LogP contribution >= 0.6 is 0 Å². The molecule has 0 saturated carbocycles. The fourth-order valence-corrected chi connectivity index (χ4v) is 1.73. The van der Waals surface area contributed by atoms with E-state index in [9.17, 15) is 13.2 Å². The molecule has 0 aromatic rings. The van der Waals surface area contributed by atoms with Crippen molar-refractivity contribution in [3.05, 3.63) is 0 Å². The largest absolute Gasteiger partial charge is 0.401 e. The van der Waals surface area contributed by atoms with Gasteiger partial charge in [-0.1, -0.05) is 0 Å². The topological polar surface area (TPSA) is 79.7 Å². The molecule has 1 aliphatic rings. The Morgan fingerprint density at radius 1 is 1.50 bits per heavy atom. The minimum absolute atomic E-state index is 0.106. The molecule has 1 heterocycles. The number of hydrogen-bond acceptors (Lipinski definition) is 3. The van der Waals surface area contributed by atoms with Gasteiger partial charge in [-0.05, 0) is 18.9 Å². The van der Waals surface area contributed by atoms with Crippen molar-refractivity contribution in [2.45, 2.75) is 12.6 Å². The van der Waals surface area contributed by atoms with Gasteiger partial charge in [0.05, 0.1) is 6.54 Å². The number of halogens is 3. The second-order valence-corrected chi connectivity index (χ2v) is 3.88. The fourth-order valence-electron chi connectivity index (χ4n) is 1.73. The first-order valence-corrected chi connectivity index (χ1v) is 4.96. The van der Waals surface area contributed by atoms with Crippen molar-refractivity contribution < 1.29 is 13.2 Å². The van der Waals surface area contributed by atoms with Crippen molar-refractivity contribution in [1.82, 2.24) is 10.3 Å². The number of nitrogens with zero attached hydrogens (tertiary/aromatic N) is 2. The highest BCUT2D eigenvalue weighted by molar-refractivity contribution is 5.77. The van der Waals surface area contributed by atoms with Crippen molar-refractivity contribution in [2.24, 2.45) is 22.5 Å². The summed E-state index contributed by atoms with van der Waals surface area (Å²) in [6.07, 6.45) is -3.42. The van der Waals surface area contributed by atoms with E-state index in [1.807, 2.05) is 0 Å². The molecule has 8 heteroatoms. The van der Waals surface area contributed by atoms with Crippen LogP contribution in [-0.2, 0) is 0 Å². The van der Waals surface area contributed by atoms with Gasteiger partial charge < -0.3 is 5.73 Å². The third kappa shape index (κ3) is 4.67. The molecule has 0 spiro atoms. The molecular weight excluding hydrogens is 223 g/mol. The van der Waals surface area contributed by atoms with E-state index in [4.69, 9.17) is 11.6 Å². The Morgan fingerprint density at radius 2 is 2.19 bits per heavy atom. The summed E-state index contributed by atoms with van der Waals surface area (Å²) in [5, 5.41) is 0. The molecule has 1 atom stereocenters. The van der Waals surface area contributed by atoms with Gasteiger partial charge in [0.25, 0.3) is 0 Å². The first-order chi connectivity index (χ1) is 7.40. The Kier molecular flexibility index (Phi) is 4.36. The third-order valence-corrected chi connectivity index (χ3v) is 2.44. The summed E-state index contributed by atoms with van der Waals surface area (Å²) in [4.78, 5) is 5.29. The number of guanidine groups is 1. The Labute approximate surface area is 91.6 Å². The smallest absolute Gasteiger partial charge is 0.369 e. The van der Waals surface area contributed by atoms with Gasteiger partial charge in [0.1, 0.15) is 0 Å². The standard InChI is InChI=1S/C8H16F3N5/c9-8(10,11)5-16-2-1-6(4-16)3-14-7(12)15-13/h6H,1-5,13H2,(H3,12,14,15). The monoisotopic (exact) mass is 239 g/mol. The lowest BCUT2D eigenvalue weighted by Gasteiger charge is -2.17. The highest BCUT2D eigenvalue weighted by Crippen LogP contribution is 2.22. The van der Waals surface area contributed by atoms with E-state index < -0.39 is 12.7 Å². The van der Waals surface area contributed by atoms with Crippen LogP contribution in [0.2, 0.25) is 0 Å². The van der Waals surface area contributed by atoms with Crippen LogP contribution in [0.3, 0.4) is 0 Å². The molecule has 1 fully saturated rings. The van der Waals surface area contributed by atoms with Crippen molar-refractivity contribution in [3.8, 4) is 0 Å². The summed E-state index contributed by atoms with van der Waals surface area (Å²) in [7, 11) is 0. The van der Waals surface area contributed by atoms with Gasteiger partial charge in [0, 0.05) is 13.1 Å². The molecule has 94 valence electrons. The molecular formula is C8H16F3N5. The minimum atomic E-state index is -4.13. The van der Waals surface area contributed by atoms with Gasteiger partial charge in [-0.3, -0.25) is 15.3 Å². The molecule has 0 aliphatic carbocycles. The van der Waals surface area contributed by atoms with E-state index in [1.54, 1.807) is 0 Å². The first kappa shape index (κ1) is 13.0. The van der Waals surface area contributed by atoms with E-state index >= 15 is 0 Å². The van der Waals surface area contributed by atoms with Crippen LogP contribution in [0.5, 0.6) is 0 Å². The normalized spacial score (nSPS) is 23.8. The molecule has 1 saturated heterocycles. The number of likely N-dealkylation sites (tertiary alicyclic amines) is 1. The predicted molar refractivity (Wildman–Crippen MR) is 54.4 cm³/mol. The molecule has 0 aromatic carbocycles. The number of rotatable bonds is 3. The van der Waals surface area contributed by atoms with Crippen molar-refractivity contribution in [2.75, 3.05) is 26.2 Å². The summed E-state index contributed by atoms with van der Waals surface area (Å²) in [5.41, 5.74) is 7.48. The average Bonchev–Trinajstić information content (AvgIpc) is 2.59. The van der Waals surface area contributed by atoms with Crippen LogP contribution in [0.1, 0.15) is 6.42 Å². The van der Waals surface area contributed by atoms with Crippen LogP contribution < -0.4 is 17.0 Å². The highest BCUT2D eigenvalue weighted by Gasteiger charge is 2.34. The average molecular weight is 239 g/mol. The maximum absolute atomic E-state index is 12.1. The highest BCUT2D eigenvalue weighted by atomic mass is 19.4.